The number of aromatic nitrogens is 2. The molecule has 0 bridgehead atoms. The monoisotopic (exact) mass is 263 g/mol. The molecule has 19 heavy (non-hydrogen) atoms. The Morgan fingerprint density at radius 3 is 2.37 bits per heavy atom. The van der Waals surface area contributed by atoms with Crippen molar-refractivity contribution in [1.82, 2.24) is 19.8 Å². The highest BCUT2D eigenvalue weighted by molar-refractivity contribution is 5.92. The van der Waals surface area contributed by atoms with E-state index in [4.69, 9.17) is 0 Å². The van der Waals surface area contributed by atoms with Crippen LogP contribution in [0.2, 0.25) is 0 Å². The molecule has 1 aromatic heterocycles. The Hall–Kier alpha value is -1.69. The van der Waals surface area contributed by atoms with Gasteiger partial charge in [-0.3, -0.25) is 9.69 Å². The van der Waals surface area contributed by atoms with Gasteiger partial charge in [-0.1, -0.05) is 0 Å². The summed E-state index contributed by atoms with van der Waals surface area (Å²) in [6, 6.07) is 0.717. The highest BCUT2D eigenvalue weighted by atomic mass is 16.2. The molecule has 1 aliphatic rings. The molecular weight excluding hydrogens is 242 g/mol. The summed E-state index contributed by atoms with van der Waals surface area (Å²) in [5.74, 6) is 0.624. The number of nitrogens with zero attached hydrogens (tertiary/aromatic N) is 4. The quantitative estimate of drug-likeness (QED) is 0.850. The van der Waals surface area contributed by atoms with E-state index < -0.39 is 0 Å². The smallest absolute Gasteiger partial charge is 0.274 e. The van der Waals surface area contributed by atoms with Gasteiger partial charge in [-0.05, 0) is 20.9 Å². The fraction of sp³-hybridized carbons (Fsp3) is 0.615. The number of likely N-dealkylation sites (N-methyl/N-ethyl adjacent to an activating group) is 1. The van der Waals surface area contributed by atoms with Crippen LogP contribution in [-0.2, 0) is 0 Å². The average molecular weight is 263 g/mol. The second kappa shape index (κ2) is 5.52. The van der Waals surface area contributed by atoms with Crippen molar-refractivity contribution in [3.8, 4) is 0 Å². The number of carbonyl (C=O) groups is 1. The number of hydrogen-bond acceptors (Lipinski definition) is 5. The van der Waals surface area contributed by atoms with Crippen LogP contribution in [0.25, 0.3) is 0 Å². The summed E-state index contributed by atoms with van der Waals surface area (Å²) in [5.41, 5.74) is 0.406. The number of nitrogens with one attached hydrogen (secondary N) is 1. The van der Waals surface area contributed by atoms with E-state index in [1.807, 2.05) is 4.90 Å². The lowest BCUT2D eigenvalue weighted by molar-refractivity contribution is 0.0409. The predicted octanol–water partition coefficient (Wildman–Crippen LogP) is 0.683. The van der Waals surface area contributed by atoms with Gasteiger partial charge in [-0.2, -0.15) is 0 Å². The molecular formula is C13H21N5O. The summed E-state index contributed by atoms with van der Waals surface area (Å²) in [6.07, 6.45) is 3.11. The minimum Gasteiger partial charge on any atom is -0.372 e. The molecule has 2 atom stereocenters. The lowest BCUT2D eigenvalue weighted by Crippen LogP contribution is -2.56. The number of rotatable bonds is 2. The zero-order chi connectivity index (χ0) is 14.0. The third kappa shape index (κ3) is 2.84. The second-order valence-corrected chi connectivity index (χ2v) is 5.11. The molecule has 104 valence electrons. The van der Waals surface area contributed by atoms with E-state index in [9.17, 15) is 4.79 Å². The molecule has 2 unspecified atom stereocenters. The van der Waals surface area contributed by atoms with Crippen LogP contribution in [0.15, 0.2) is 12.4 Å². The predicted molar refractivity (Wildman–Crippen MR) is 74.2 cm³/mol. The van der Waals surface area contributed by atoms with Crippen LogP contribution in [0.3, 0.4) is 0 Å². The third-order valence-electron chi connectivity index (χ3n) is 3.77. The molecule has 1 aromatic rings. The molecule has 0 aliphatic carbocycles. The number of hydrogen-bond donors (Lipinski definition) is 1. The van der Waals surface area contributed by atoms with Crippen molar-refractivity contribution in [1.29, 1.82) is 0 Å². The Balaban J connectivity index is 2.10. The van der Waals surface area contributed by atoms with E-state index in [-0.39, 0.29) is 5.91 Å². The largest absolute Gasteiger partial charge is 0.372 e. The molecule has 0 spiro atoms. The maximum atomic E-state index is 12.4. The van der Waals surface area contributed by atoms with E-state index in [0.717, 1.165) is 13.1 Å². The van der Waals surface area contributed by atoms with Gasteiger partial charge in [0.2, 0.25) is 0 Å². The maximum Gasteiger partial charge on any atom is 0.274 e. The molecule has 1 aliphatic heterocycles. The average Bonchev–Trinajstić information content (AvgIpc) is 2.43. The molecule has 2 rings (SSSR count). The van der Waals surface area contributed by atoms with E-state index in [2.05, 4.69) is 41.1 Å². The number of carbonyl (C=O) groups excluding carboxylic acids is 1. The molecule has 1 N–H and O–H groups in total. The van der Waals surface area contributed by atoms with Gasteiger partial charge >= 0.3 is 0 Å². The van der Waals surface area contributed by atoms with Crippen molar-refractivity contribution in [2.24, 2.45) is 0 Å². The molecule has 1 saturated heterocycles. The first kappa shape index (κ1) is 13.7. The molecule has 6 heteroatoms. The van der Waals surface area contributed by atoms with E-state index >= 15 is 0 Å². The third-order valence-corrected chi connectivity index (χ3v) is 3.77. The Kier molecular flexibility index (Phi) is 3.99. The van der Waals surface area contributed by atoms with Crippen molar-refractivity contribution < 1.29 is 4.79 Å². The summed E-state index contributed by atoms with van der Waals surface area (Å²) in [5, 5.41) is 2.89. The van der Waals surface area contributed by atoms with Crippen LogP contribution in [0.5, 0.6) is 0 Å². The second-order valence-electron chi connectivity index (χ2n) is 5.11. The first-order chi connectivity index (χ1) is 9.02. The number of piperazine rings is 1. The Labute approximate surface area is 113 Å². The van der Waals surface area contributed by atoms with Crippen LogP contribution in [0, 0.1) is 0 Å². The van der Waals surface area contributed by atoms with Crippen molar-refractivity contribution in [2.45, 2.75) is 25.9 Å². The highest BCUT2D eigenvalue weighted by Crippen LogP contribution is 2.15. The SMILES string of the molecule is CNc1cnc(C(=O)N2CC(C)N(C)C(C)C2)cn1. The Morgan fingerprint density at radius 2 is 1.89 bits per heavy atom. The van der Waals surface area contributed by atoms with Crippen molar-refractivity contribution in [2.75, 3.05) is 32.5 Å². The van der Waals surface area contributed by atoms with E-state index in [1.165, 1.54) is 6.20 Å². The van der Waals surface area contributed by atoms with E-state index in [0.29, 0.717) is 23.6 Å². The normalized spacial score (nSPS) is 24.3. The van der Waals surface area contributed by atoms with Gasteiger partial charge in [0.25, 0.3) is 5.91 Å². The fourth-order valence-electron chi connectivity index (χ4n) is 2.30. The summed E-state index contributed by atoms with van der Waals surface area (Å²) in [4.78, 5) is 24.8. The zero-order valence-corrected chi connectivity index (χ0v) is 11.9. The van der Waals surface area contributed by atoms with Crippen molar-refractivity contribution >= 4 is 11.7 Å². The summed E-state index contributed by atoms with van der Waals surface area (Å²) in [6.45, 7) is 5.72. The van der Waals surface area contributed by atoms with Crippen LogP contribution in [-0.4, -0.2) is 64.9 Å². The summed E-state index contributed by atoms with van der Waals surface area (Å²) < 4.78 is 0. The minimum absolute atomic E-state index is 0.0399. The van der Waals surface area contributed by atoms with Gasteiger partial charge in [-0.25, -0.2) is 9.97 Å². The molecule has 0 saturated carbocycles. The van der Waals surface area contributed by atoms with Gasteiger partial charge in [0.1, 0.15) is 11.5 Å². The van der Waals surface area contributed by atoms with Crippen molar-refractivity contribution in [3.63, 3.8) is 0 Å². The minimum atomic E-state index is -0.0399. The lowest BCUT2D eigenvalue weighted by atomic mass is 10.1. The van der Waals surface area contributed by atoms with Gasteiger partial charge in [0.05, 0.1) is 12.4 Å². The van der Waals surface area contributed by atoms with Gasteiger partial charge in [0.15, 0.2) is 0 Å². The maximum absolute atomic E-state index is 12.4. The zero-order valence-electron chi connectivity index (χ0n) is 11.9. The molecule has 1 fully saturated rings. The Morgan fingerprint density at radius 1 is 1.26 bits per heavy atom. The van der Waals surface area contributed by atoms with Gasteiger partial charge in [-0.15, -0.1) is 0 Å². The van der Waals surface area contributed by atoms with Crippen LogP contribution in [0.4, 0.5) is 5.82 Å². The summed E-state index contributed by atoms with van der Waals surface area (Å²) >= 11 is 0. The number of anilines is 1. The molecule has 0 aromatic carbocycles. The van der Waals surface area contributed by atoms with Gasteiger partial charge in [0, 0.05) is 32.2 Å². The van der Waals surface area contributed by atoms with Crippen molar-refractivity contribution in [3.05, 3.63) is 18.1 Å². The van der Waals surface area contributed by atoms with Crippen LogP contribution < -0.4 is 5.32 Å². The van der Waals surface area contributed by atoms with E-state index in [1.54, 1.807) is 13.2 Å². The first-order valence-electron chi connectivity index (χ1n) is 6.54. The fourth-order valence-corrected chi connectivity index (χ4v) is 2.30. The highest BCUT2D eigenvalue weighted by Gasteiger charge is 2.30. The summed E-state index contributed by atoms with van der Waals surface area (Å²) in [7, 11) is 3.87. The molecule has 1 amide bonds. The van der Waals surface area contributed by atoms with Gasteiger partial charge < -0.3 is 10.2 Å². The van der Waals surface area contributed by atoms with Crippen LogP contribution >= 0.6 is 0 Å². The standard InChI is InChI=1S/C13H21N5O/c1-9-7-18(8-10(2)17(9)4)13(19)11-5-16-12(14-3)6-15-11/h5-6,9-10H,7-8H2,1-4H3,(H,14,16). The molecule has 2 heterocycles. The first-order valence-corrected chi connectivity index (χ1v) is 6.54. The number of amides is 1. The molecule has 6 nitrogen and oxygen atoms in total. The van der Waals surface area contributed by atoms with Crippen LogP contribution in [0.1, 0.15) is 24.3 Å². The lowest BCUT2D eigenvalue weighted by Gasteiger charge is -2.42. The topological polar surface area (TPSA) is 61.4 Å². The Bertz CT molecular complexity index is 435. The molecule has 0 radical (unpaired) electrons.